The van der Waals surface area contributed by atoms with E-state index >= 15 is 0 Å². The molecule has 0 spiro atoms. The maximum absolute atomic E-state index is 5.43. The van der Waals surface area contributed by atoms with Crippen LogP contribution in [0.15, 0.2) is 41.3 Å². The normalized spacial score (nSPS) is 12.3. The fourth-order valence-electron chi connectivity index (χ4n) is 2.20. The molecule has 1 aliphatic heterocycles. The zero-order valence-corrected chi connectivity index (χ0v) is 12.8. The molecule has 1 N–H and O–H groups in total. The number of thioether (sulfide) groups is 1. The molecule has 0 bridgehead atoms. The summed E-state index contributed by atoms with van der Waals surface area (Å²) < 4.78 is 16.2. The van der Waals surface area contributed by atoms with Crippen LogP contribution in [0.25, 0.3) is 0 Å². The first-order chi connectivity index (χ1) is 10.3. The Morgan fingerprint density at radius 3 is 2.71 bits per heavy atom. The van der Waals surface area contributed by atoms with E-state index in [9.17, 15) is 0 Å². The average molecular weight is 303 g/mol. The molecule has 1 heterocycles. The van der Waals surface area contributed by atoms with Gasteiger partial charge in [-0.1, -0.05) is 0 Å². The molecule has 3 rings (SSSR count). The largest absolute Gasteiger partial charge is 0.493 e. The summed E-state index contributed by atoms with van der Waals surface area (Å²) in [7, 11) is 1.63. The van der Waals surface area contributed by atoms with E-state index in [1.807, 2.05) is 12.1 Å². The van der Waals surface area contributed by atoms with Crippen molar-refractivity contribution in [2.24, 2.45) is 0 Å². The van der Waals surface area contributed by atoms with Crippen LogP contribution in [-0.2, 0) is 6.54 Å². The lowest BCUT2D eigenvalue weighted by Crippen LogP contribution is -2.00. The fraction of sp³-hybridized carbons (Fsp3) is 0.250. The predicted octanol–water partition coefficient (Wildman–Crippen LogP) is 3.76. The van der Waals surface area contributed by atoms with Gasteiger partial charge in [-0.25, -0.2) is 0 Å². The Labute approximate surface area is 128 Å². The summed E-state index contributed by atoms with van der Waals surface area (Å²) in [4.78, 5) is 1.25. The summed E-state index contributed by atoms with van der Waals surface area (Å²) in [6.45, 7) is 0.949. The molecule has 0 aromatic heterocycles. The lowest BCUT2D eigenvalue weighted by molar-refractivity contribution is 0.171. The molecule has 1 aliphatic rings. The van der Waals surface area contributed by atoms with Crippen LogP contribution in [0.2, 0.25) is 0 Å². The summed E-state index contributed by atoms with van der Waals surface area (Å²) >= 11 is 1.74. The standard InChI is InChI=1S/C16H17NO3S/c1-18-14-7-11(8-15-16(14)20-10-19-15)9-17-12-3-5-13(21-2)6-4-12/h3-8,17H,9-10H2,1-2H3. The Balaban J connectivity index is 1.72. The van der Waals surface area contributed by atoms with E-state index in [-0.39, 0.29) is 6.79 Å². The fourth-order valence-corrected chi connectivity index (χ4v) is 2.61. The highest BCUT2D eigenvalue weighted by atomic mass is 32.2. The minimum Gasteiger partial charge on any atom is -0.493 e. The zero-order chi connectivity index (χ0) is 14.7. The third kappa shape index (κ3) is 3.03. The van der Waals surface area contributed by atoms with Gasteiger partial charge in [0, 0.05) is 17.1 Å². The molecule has 0 saturated carbocycles. The van der Waals surface area contributed by atoms with Gasteiger partial charge in [-0.05, 0) is 48.2 Å². The number of anilines is 1. The quantitative estimate of drug-likeness (QED) is 0.852. The summed E-state index contributed by atoms with van der Waals surface area (Å²) in [5.74, 6) is 2.13. The van der Waals surface area contributed by atoms with Crippen LogP contribution >= 0.6 is 11.8 Å². The van der Waals surface area contributed by atoms with Crippen molar-refractivity contribution >= 4 is 17.4 Å². The Kier molecular flexibility index (Phi) is 4.10. The third-order valence-electron chi connectivity index (χ3n) is 3.30. The zero-order valence-electron chi connectivity index (χ0n) is 12.0. The van der Waals surface area contributed by atoms with Crippen molar-refractivity contribution in [1.29, 1.82) is 0 Å². The second kappa shape index (κ2) is 6.18. The number of rotatable bonds is 5. The number of benzene rings is 2. The minimum absolute atomic E-state index is 0.249. The molecule has 110 valence electrons. The molecule has 0 atom stereocenters. The molecule has 2 aromatic rings. The van der Waals surface area contributed by atoms with E-state index in [1.54, 1.807) is 18.9 Å². The first-order valence-corrected chi connectivity index (χ1v) is 7.87. The molecular formula is C16H17NO3S. The van der Waals surface area contributed by atoms with Crippen LogP contribution in [0.5, 0.6) is 17.2 Å². The van der Waals surface area contributed by atoms with Gasteiger partial charge in [0.05, 0.1) is 7.11 Å². The van der Waals surface area contributed by atoms with Crippen LogP contribution in [0, 0.1) is 0 Å². The lowest BCUT2D eigenvalue weighted by atomic mass is 10.1. The lowest BCUT2D eigenvalue weighted by Gasteiger charge is -2.10. The van der Waals surface area contributed by atoms with Crippen molar-refractivity contribution in [2.75, 3.05) is 25.5 Å². The third-order valence-corrected chi connectivity index (χ3v) is 4.05. The highest BCUT2D eigenvalue weighted by molar-refractivity contribution is 7.98. The summed E-state index contributed by atoms with van der Waals surface area (Å²) in [6, 6.07) is 12.3. The number of hydrogen-bond acceptors (Lipinski definition) is 5. The predicted molar refractivity (Wildman–Crippen MR) is 84.7 cm³/mol. The number of methoxy groups -OCH3 is 1. The van der Waals surface area contributed by atoms with Crippen molar-refractivity contribution < 1.29 is 14.2 Å². The molecule has 4 nitrogen and oxygen atoms in total. The minimum atomic E-state index is 0.249. The van der Waals surface area contributed by atoms with E-state index in [0.29, 0.717) is 18.0 Å². The molecule has 0 amide bonds. The van der Waals surface area contributed by atoms with Crippen LogP contribution in [0.4, 0.5) is 5.69 Å². The van der Waals surface area contributed by atoms with Gasteiger partial charge in [-0.3, -0.25) is 0 Å². The summed E-state index contributed by atoms with van der Waals surface area (Å²) in [5.41, 5.74) is 2.18. The second-order valence-electron chi connectivity index (χ2n) is 4.61. The number of nitrogens with one attached hydrogen (secondary N) is 1. The Morgan fingerprint density at radius 1 is 1.19 bits per heavy atom. The van der Waals surface area contributed by atoms with Crippen molar-refractivity contribution in [2.45, 2.75) is 11.4 Å². The van der Waals surface area contributed by atoms with E-state index in [0.717, 1.165) is 17.0 Å². The van der Waals surface area contributed by atoms with Gasteiger partial charge in [-0.2, -0.15) is 0 Å². The van der Waals surface area contributed by atoms with Crippen LogP contribution in [-0.4, -0.2) is 20.2 Å². The first-order valence-electron chi connectivity index (χ1n) is 6.64. The van der Waals surface area contributed by atoms with Crippen molar-refractivity contribution in [1.82, 2.24) is 0 Å². The molecule has 0 radical (unpaired) electrons. The molecule has 5 heteroatoms. The van der Waals surface area contributed by atoms with E-state index in [2.05, 4.69) is 35.8 Å². The van der Waals surface area contributed by atoms with Crippen molar-refractivity contribution in [3.8, 4) is 17.2 Å². The number of ether oxygens (including phenoxy) is 3. The Bertz CT molecular complexity index is 628. The molecule has 0 fully saturated rings. The smallest absolute Gasteiger partial charge is 0.231 e. The monoisotopic (exact) mass is 303 g/mol. The van der Waals surface area contributed by atoms with E-state index in [1.165, 1.54) is 4.90 Å². The maximum atomic E-state index is 5.43. The highest BCUT2D eigenvalue weighted by Crippen LogP contribution is 2.41. The van der Waals surface area contributed by atoms with Gasteiger partial charge in [0.2, 0.25) is 12.5 Å². The molecule has 0 saturated heterocycles. The van der Waals surface area contributed by atoms with Gasteiger partial charge < -0.3 is 19.5 Å². The van der Waals surface area contributed by atoms with Crippen molar-refractivity contribution in [3.63, 3.8) is 0 Å². The van der Waals surface area contributed by atoms with Gasteiger partial charge in [-0.15, -0.1) is 11.8 Å². The Morgan fingerprint density at radius 2 is 2.00 bits per heavy atom. The highest BCUT2D eigenvalue weighted by Gasteiger charge is 2.19. The van der Waals surface area contributed by atoms with E-state index < -0.39 is 0 Å². The summed E-state index contributed by atoms with van der Waals surface area (Å²) in [5, 5.41) is 3.39. The summed E-state index contributed by atoms with van der Waals surface area (Å²) in [6.07, 6.45) is 2.07. The molecule has 0 aliphatic carbocycles. The average Bonchev–Trinajstić information content (AvgIpc) is 3.01. The topological polar surface area (TPSA) is 39.7 Å². The number of fused-ring (bicyclic) bond motifs is 1. The molecular weight excluding hydrogens is 286 g/mol. The van der Waals surface area contributed by atoms with Gasteiger partial charge >= 0.3 is 0 Å². The maximum Gasteiger partial charge on any atom is 0.231 e. The van der Waals surface area contributed by atoms with Crippen molar-refractivity contribution in [3.05, 3.63) is 42.0 Å². The van der Waals surface area contributed by atoms with E-state index in [4.69, 9.17) is 14.2 Å². The number of hydrogen-bond donors (Lipinski definition) is 1. The van der Waals surface area contributed by atoms with Crippen LogP contribution in [0.1, 0.15) is 5.56 Å². The molecule has 0 unspecified atom stereocenters. The van der Waals surface area contributed by atoms with Crippen LogP contribution < -0.4 is 19.5 Å². The molecule has 21 heavy (non-hydrogen) atoms. The van der Waals surface area contributed by atoms with Crippen LogP contribution in [0.3, 0.4) is 0 Å². The Hall–Kier alpha value is -2.01. The van der Waals surface area contributed by atoms with Gasteiger partial charge in [0.15, 0.2) is 11.5 Å². The SMILES string of the molecule is COc1cc(CNc2ccc(SC)cc2)cc2c1OCO2. The van der Waals surface area contributed by atoms with Gasteiger partial charge in [0.25, 0.3) is 0 Å². The second-order valence-corrected chi connectivity index (χ2v) is 5.49. The van der Waals surface area contributed by atoms with Gasteiger partial charge in [0.1, 0.15) is 0 Å². The first kappa shape index (κ1) is 13.9. The molecule has 2 aromatic carbocycles.